The van der Waals surface area contributed by atoms with E-state index >= 15 is 0 Å². The Morgan fingerprint density at radius 1 is 0.841 bits per heavy atom. The number of carbonyl (C=O) groups is 3. The van der Waals surface area contributed by atoms with E-state index in [4.69, 9.17) is 4.74 Å². The minimum atomic E-state index is -5.08. The highest BCUT2D eigenvalue weighted by Crippen LogP contribution is 2.38. The van der Waals surface area contributed by atoms with Crippen molar-refractivity contribution in [2.45, 2.75) is 32.2 Å². The first kappa shape index (κ1) is 31.9. The average molecular weight is 621 g/mol. The lowest BCUT2D eigenvalue weighted by atomic mass is 9.91. The topological polar surface area (TPSA) is 99.8 Å². The van der Waals surface area contributed by atoms with Crippen LogP contribution in [0, 0.1) is 0 Å². The van der Waals surface area contributed by atoms with Crippen molar-refractivity contribution in [3.8, 4) is 0 Å². The second kappa shape index (κ2) is 12.7. The molecule has 0 aromatic heterocycles. The minimum absolute atomic E-state index is 0.0478. The Kier molecular flexibility index (Phi) is 9.21. The van der Waals surface area contributed by atoms with E-state index in [1.165, 1.54) is 29.2 Å². The number of urea groups is 2. The Morgan fingerprint density at radius 3 is 1.93 bits per heavy atom. The Hall–Kier alpha value is -5.01. The molecule has 8 nitrogen and oxygen atoms in total. The van der Waals surface area contributed by atoms with Gasteiger partial charge in [0.25, 0.3) is 0 Å². The van der Waals surface area contributed by atoms with Gasteiger partial charge >= 0.3 is 30.4 Å². The fourth-order valence-electron chi connectivity index (χ4n) is 4.62. The molecular formula is C30H26F6N4O4. The number of nitrogens with zero attached hydrogens (tertiary/aromatic N) is 1. The quantitative estimate of drug-likeness (QED) is 0.189. The van der Waals surface area contributed by atoms with Gasteiger partial charge in [0.2, 0.25) is 0 Å². The minimum Gasteiger partial charge on any atom is -0.463 e. The van der Waals surface area contributed by atoms with Crippen molar-refractivity contribution in [2.24, 2.45) is 0 Å². The zero-order valence-corrected chi connectivity index (χ0v) is 23.3. The van der Waals surface area contributed by atoms with Crippen LogP contribution in [0.1, 0.15) is 42.1 Å². The summed E-state index contributed by atoms with van der Waals surface area (Å²) >= 11 is 0. The zero-order valence-electron chi connectivity index (χ0n) is 23.3. The van der Waals surface area contributed by atoms with Gasteiger partial charge in [-0.15, -0.1) is 0 Å². The van der Waals surface area contributed by atoms with Crippen molar-refractivity contribution in [3.63, 3.8) is 0 Å². The lowest BCUT2D eigenvalue weighted by Gasteiger charge is -2.36. The zero-order chi connectivity index (χ0) is 32.2. The molecule has 4 rings (SSSR count). The van der Waals surface area contributed by atoms with Crippen molar-refractivity contribution < 1.29 is 45.5 Å². The van der Waals surface area contributed by atoms with Gasteiger partial charge in [0.1, 0.15) is 0 Å². The van der Waals surface area contributed by atoms with Gasteiger partial charge in [-0.1, -0.05) is 42.5 Å². The number of amides is 4. The van der Waals surface area contributed by atoms with Crippen LogP contribution in [0.3, 0.4) is 0 Å². The summed E-state index contributed by atoms with van der Waals surface area (Å²) in [6, 6.07) is 12.8. The number of alkyl halides is 6. The number of ether oxygens (including phenoxy) is 1. The van der Waals surface area contributed by atoms with Crippen LogP contribution >= 0.6 is 0 Å². The molecule has 3 aromatic rings. The number of nitrogens with one attached hydrogen (secondary N) is 3. The molecule has 1 heterocycles. The third kappa shape index (κ3) is 7.13. The molecule has 0 saturated heterocycles. The number of hydrogen-bond acceptors (Lipinski definition) is 4. The van der Waals surface area contributed by atoms with Crippen LogP contribution in [0.5, 0.6) is 0 Å². The molecule has 44 heavy (non-hydrogen) atoms. The lowest BCUT2D eigenvalue weighted by Crippen LogP contribution is -2.47. The Bertz CT molecular complexity index is 1540. The highest BCUT2D eigenvalue weighted by molar-refractivity contribution is 6.05. The van der Waals surface area contributed by atoms with Gasteiger partial charge in [-0.2, -0.15) is 26.3 Å². The Labute approximate surface area is 247 Å². The van der Waals surface area contributed by atoms with E-state index in [-0.39, 0.29) is 30.5 Å². The number of esters is 1. The fourth-order valence-corrected chi connectivity index (χ4v) is 4.62. The van der Waals surface area contributed by atoms with Gasteiger partial charge in [0.05, 0.1) is 35.0 Å². The van der Waals surface area contributed by atoms with Crippen LogP contribution < -0.4 is 16.0 Å². The average Bonchev–Trinajstić information content (AvgIpc) is 2.96. The summed E-state index contributed by atoms with van der Waals surface area (Å²) < 4.78 is 84.3. The largest absolute Gasteiger partial charge is 0.463 e. The van der Waals surface area contributed by atoms with Crippen LogP contribution in [0.2, 0.25) is 0 Å². The monoisotopic (exact) mass is 620 g/mol. The van der Waals surface area contributed by atoms with E-state index in [9.17, 15) is 40.7 Å². The van der Waals surface area contributed by atoms with E-state index in [0.29, 0.717) is 29.0 Å². The Morgan fingerprint density at radius 2 is 1.41 bits per heavy atom. The highest BCUT2D eigenvalue weighted by Gasteiger charge is 2.39. The molecule has 14 heteroatoms. The molecule has 0 saturated carbocycles. The van der Waals surface area contributed by atoms with Gasteiger partial charge in [-0.25, -0.2) is 14.4 Å². The molecule has 1 aliphatic heterocycles. The summed E-state index contributed by atoms with van der Waals surface area (Å²) in [5.41, 5.74) is -2.18. The van der Waals surface area contributed by atoms with Gasteiger partial charge in [0, 0.05) is 17.9 Å². The van der Waals surface area contributed by atoms with E-state index < -0.39 is 53.2 Å². The molecule has 1 unspecified atom stereocenters. The molecule has 0 fully saturated rings. The third-order valence-electron chi connectivity index (χ3n) is 6.53. The first-order chi connectivity index (χ1) is 20.7. The molecule has 1 atom stereocenters. The van der Waals surface area contributed by atoms with Crippen LogP contribution in [0.4, 0.5) is 47.3 Å². The first-order valence-electron chi connectivity index (χ1n) is 13.2. The molecule has 0 spiro atoms. The van der Waals surface area contributed by atoms with Crippen molar-refractivity contribution >= 4 is 35.1 Å². The second-order valence-corrected chi connectivity index (χ2v) is 9.47. The van der Waals surface area contributed by atoms with Crippen molar-refractivity contribution in [1.29, 1.82) is 0 Å². The van der Waals surface area contributed by atoms with Gasteiger partial charge in [-0.3, -0.25) is 4.90 Å². The van der Waals surface area contributed by atoms with Crippen LogP contribution in [-0.2, 0) is 21.9 Å². The number of carbonyl (C=O) groups excluding carboxylic acids is 3. The van der Waals surface area contributed by atoms with Crippen LogP contribution in [-0.4, -0.2) is 36.1 Å². The van der Waals surface area contributed by atoms with E-state index in [2.05, 4.69) is 10.6 Å². The van der Waals surface area contributed by atoms with Crippen molar-refractivity contribution in [3.05, 3.63) is 101 Å². The lowest BCUT2D eigenvalue weighted by molar-refractivity contribution is -0.143. The number of rotatable bonds is 7. The van der Waals surface area contributed by atoms with Crippen LogP contribution in [0.25, 0.3) is 5.70 Å². The van der Waals surface area contributed by atoms with Gasteiger partial charge in [0.15, 0.2) is 0 Å². The van der Waals surface area contributed by atoms with Gasteiger partial charge in [-0.05, 0) is 55.3 Å². The summed E-state index contributed by atoms with van der Waals surface area (Å²) in [7, 11) is 0. The number of halogens is 6. The molecule has 0 radical (unpaired) electrons. The summed E-state index contributed by atoms with van der Waals surface area (Å²) in [5.74, 6) is -0.657. The number of anilines is 2. The molecule has 0 aliphatic carbocycles. The van der Waals surface area contributed by atoms with Crippen LogP contribution in [0.15, 0.2) is 78.4 Å². The normalized spacial score (nSPS) is 15.5. The number of hydrogen-bond donors (Lipinski definition) is 3. The Balaban J connectivity index is 1.62. The standard InChI is InChI=1S/C30H26F6N4O4/c1-3-40-25(18-8-6-5-7-9-18)23(26(41)44-4-2)24(39-28(40)43)17-10-12-21(13-11-17)37-27(42)38-22-15-19(29(31,32)33)14-20(16-22)30(34,35)36/h5-16,24H,3-4H2,1-2H3,(H,39,43)(H2,37,38,42). The maximum absolute atomic E-state index is 13.2. The van der Waals surface area contributed by atoms with E-state index in [1.807, 2.05) is 5.32 Å². The molecule has 0 bridgehead atoms. The molecule has 3 aromatic carbocycles. The third-order valence-corrected chi connectivity index (χ3v) is 6.53. The summed E-state index contributed by atoms with van der Waals surface area (Å²) in [5, 5.41) is 7.12. The van der Waals surface area contributed by atoms with Gasteiger partial charge < -0.3 is 20.7 Å². The molecule has 1 aliphatic rings. The molecular weight excluding hydrogens is 594 g/mol. The predicted octanol–water partition coefficient (Wildman–Crippen LogP) is 7.43. The molecule has 3 N–H and O–H groups in total. The molecule has 232 valence electrons. The van der Waals surface area contributed by atoms with Crippen molar-refractivity contribution in [1.82, 2.24) is 10.2 Å². The molecule has 4 amide bonds. The number of benzene rings is 3. The highest BCUT2D eigenvalue weighted by atomic mass is 19.4. The predicted molar refractivity (Wildman–Crippen MR) is 149 cm³/mol. The maximum Gasteiger partial charge on any atom is 0.416 e. The first-order valence-corrected chi connectivity index (χ1v) is 13.2. The SMILES string of the molecule is CCOC(=O)C1=C(c2ccccc2)N(CC)C(=O)NC1c1ccc(NC(=O)Nc2cc(C(F)(F)F)cc(C(F)(F)F)c2)cc1. The second-order valence-electron chi connectivity index (χ2n) is 9.47. The smallest absolute Gasteiger partial charge is 0.416 e. The maximum atomic E-state index is 13.2. The summed E-state index contributed by atoms with van der Waals surface area (Å²) in [6.45, 7) is 3.72. The summed E-state index contributed by atoms with van der Waals surface area (Å²) in [4.78, 5) is 40.2. The van der Waals surface area contributed by atoms with Crippen molar-refractivity contribution in [2.75, 3.05) is 23.8 Å². The fraction of sp³-hybridized carbons (Fsp3) is 0.233. The summed E-state index contributed by atoms with van der Waals surface area (Å²) in [6.07, 6.45) is -10.2. The van der Waals surface area contributed by atoms with E-state index in [0.717, 1.165) is 0 Å². The van der Waals surface area contributed by atoms with E-state index in [1.54, 1.807) is 44.2 Å².